The lowest BCUT2D eigenvalue weighted by molar-refractivity contribution is 0.0592. The molecule has 0 saturated heterocycles. The molecule has 0 fully saturated rings. The van der Waals surface area contributed by atoms with Gasteiger partial charge in [0.15, 0.2) is 11.5 Å². The van der Waals surface area contributed by atoms with Crippen molar-refractivity contribution in [2.75, 3.05) is 18.6 Å². The molecule has 3 aromatic rings. The van der Waals surface area contributed by atoms with Gasteiger partial charge < -0.3 is 9.64 Å². The molecule has 0 aromatic carbocycles. The van der Waals surface area contributed by atoms with Gasteiger partial charge in [0.1, 0.15) is 11.8 Å². The number of hydrogen-bond acceptors (Lipinski definition) is 7. The molecule has 0 saturated carbocycles. The van der Waals surface area contributed by atoms with Gasteiger partial charge >= 0.3 is 5.97 Å². The van der Waals surface area contributed by atoms with Crippen LogP contribution in [0.25, 0.3) is 11.0 Å². The van der Waals surface area contributed by atoms with Crippen molar-refractivity contribution in [3.63, 3.8) is 0 Å². The van der Waals surface area contributed by atoms with Gasteiger partial charge in [-0.25, -0.2) is 19.7 Å². The quantitative estimate of drug-likeness (QED) is 0.653. The van der Waals surface area contributed by atoms with Gasteiger partial charge in [-0.05, 0) is 19.1 Å². The van der Waals surface area contributed by atoms with Crippen molar-refractivity contribution < 1.29 is 9.53 Å². The smallest absolute Gasteiger partial charge is 0.358 e. The van der Waals surface area contributed by atoms with E-state index in [0.29, 0.717) is 12.2 Å². The molecule has 0 amide bonds. The first-order valence-corrected chi connectivity index (χ1v) is 8.05. The van der Waals surface area contributed by atoms with Crippen LogP contribution in [0.5, 0.6) is 0 Å². The summed E-state index contributed by atoms with van der Waals surface area (Å²) in [6.45, 7) is 3.26. The Bertz CT molecular complexity index is 981. The fourth-order valence-electron chi connectivity index (χ4n) is 3.29. The minimum atomic E-state index is -0.416. The summed E-state index contributed by atoms with van der Waals surface area (Å²) in [5.74, 6) is 0.360. The Hall–Kier alpha value is -3.03. The van der Waals surface area contributed by atoms with Crippen molar-refractivity contribution in [2.45, 2.75) is 19.9 Å². The fraction of sp³-hybridized carbons (Fsp3) is 0.353. The van der Waals surface area contributed by atoms with Gasteiger partial charge in [0.25, 0.3) is 0 Å². The normalized spacial score (nSPS) is 13.8. The number of methoxy groups -OCH3 is 1. The Morgan fingerprint density at radius 2 is 2.12 bits per heavy atom. The van der Waals surface area contributed by atoms with Crippen LogP contribution >= 0.6 is 0 Å². The average molecular weight is 338 g/mol. The number of carbonyl (C=O) groups is 1. The maximum atomic E-state index is 12.0. The molecule has 0 unspecified atom stereocenters. The second-order valence-corrected chi connectivity index (χ2v) is 6.08. The highest BCUT2D eigenvalue weighted by Crippen LogP contribution is 2.29. The van der Waals surface area contributed by atoms with Crippen LogP contribution in [0.4, 0.5) is 5.82 Å². The van der Waals surface area contributed by atoms with Crippen molar-refractivity contribution in [3.05, 3.63) is 41.1 Å². The van der Waals surface area contributed by atoms with Crippen molar-refractivity contribution in [2.24, 2.45) is 7.05 Å². The maximum absolute atomic E-state index is 12.0. The van der Waals surface area contributed by atoms with Crippen LogP contribution in [0.3, 0.4) is 0 Å². The number of rotatable bonds is 2. The predicted molar refractivity (Wildman–Crippen MR) is 91.4 cm³/mol. The second-order valence-electron chi connectivity index (χ2n) is 6.08. The van der Waals surface area contributed by atoms with Crippen LogP contribution in [0.15, 0.2) is 18.5 Å². The highest BCUT2D eigenvalue weighted by atomic mass is 16.5. The Morgan fingerprint density at radius 1 is 1.28 bits per heavy atom. The molecule has 0 radical (unpaired) electrons. The molecule has 8 heteroatoms. The standard InChI is InChI=1S/C17H18N6O2/c1-10-4-5-12-15(20-10)16(19-9-18-12)23-7-6-13-11(8-23)14(17(24)25-3)21-22(13)2/h4-5,9H,6-8H2,1-3H3. The van der Waals surface area contributed by atoms with Crippen molar-refractivity contribution in [3.8, 4) is 0 Å². The summed E-state index contributed by atoms with van der Waals surface area (Å²) in [4.78, 5) is 27.5. The number of nitrogens with zero attached hydrogens (tertiary/aromatic N) is 6. The highest BCUT2D eigenvalue weighted by molar-refractivity contribution is 5.90. The van der Waals surface area contributed by atoms with Gasteiger partial charge in [-0.3, -0.25) is 4.68 Å². The highest BCUT2D eigenvalue weighted by Gasteiger charge is 2.29. The third-order valence-corrected chi connectivity index (χ3v) is 4.52. The summed E-state index contributed by atoms with van der Waals surface area (Å²) in [7, 11) is 3.22. The molecule has 0 N–H and O–H groups in total. The van der Waals surface area contributed by atoms with Gasteiger partial charge in [-0.1, -0.05) is 0 Å². The van der Waals surface area contributed by atoms with Crippen molar-refractivity contribution in [1.82, 2.24) is 24.7 Å². The molecule has 1 aliphatic rings. The van der Waals surface area contributed by atoms with Gasteiger partial charge in [-0.15, -0.1) is 0 Å². The number of anilines is 1. The third kappa shape index (κ3) is 2.50. The average Bonchev–Trinajstić information content (AvgIpc) is 2.96. The zero-order valence-corrected chi connectivity index (χ0v) is 14.4. The molecule has 3 aromatic heterocycles. The van der Waals surface area contributed by atoms with E-state index in [1.807, 2.05) is 26.1 Å². The van der Waals surface area contributed by atoms with E-state index in [2.05, 4.69) is 25.0 Å². The summed E-state index contributed by atoms with van der Waals surface area (Å²) in [5, 5.41) is 4.33. The zero-order chi connectivity index (χ0) is 17.6. The van der Waals surface area contributed by atoms with Crippen LogP contribution in [0.1, 0.15) is 27.4 Å². The van der Waals surface area contributed by atoms with Crippen LogP contribution in [0, 0.1) is 6.92 Å². The van der Waals surface area contributed by atoms with Gasteiger partial charge in [0.05, 0.1) is 12.6 Å². The van der Waals surface area contributed by atoms with E-state index in [1.165, 1.54) is 7.11 Å². The number of fused-ring (bicyclic) bond motifs is 2. The molecular formula is C17H18N6O2. The lowest BCUT2D eigenvalue weighted by Crippen LogP contribution is -2.32. The largest absolute Gasteiger partial charge is 0.464 e. The molecule has 25 heavy (non-hydrogen) atoms. The van der Waals surface area contributed by atoms with Crippen LogP contribution < -0.4 is 4.90 Å². The second kappa shape index (κ2) is 5.80. The Kier molecular flexibility index (Phi) is 3.60. The van der Waals surface area contributed by atoms with E-state index in [1.54, 1.807) is 11.0 Å². The van der Waals surface area contributed by atoms with E-state index in [0.717, 1.165) is 46.8 Å². The number of hydrogen-bond donors (Lipinski definition) is 0. The lowest BCUT2D eigenvalue weighted by Gasteiger charge is -2.28. The van der Waals surface area contributed by atoms with Gasteiger partial charge in [-0.2, -0.15) is 5.10 Å². The van der Waals surface area contributed by atoms with E-state index >= 15 is 0 Å². The van der Waals surface area contributed by atoms with Crippen LogP contribution in [0.2, 0.25) is 0 Å². The zero-order valence-electron chi connectivity index (χ0n) is 14.4. The summed E-state index contributed by atoms with van der Waals surface area (Å²) in [5.41, 5.74) is 4.81. The van der Waals surface area contributed by atoms with Crippen molar-refractivity contribution in [1.29, 1.82) is 0 Å². The Labute approximate surface area is 144 Å². The SMILES string of the molecule is COC(=O)c1nn(C)c2c1CN(c1ncnc3ccc(C)nc13)CC2. The van der Waals surface area contributed by atoms with E-state index in [-0.39, 0.29) is 0 Å². The monoisotopic (exact) mass is 338 g/mol. The molecule has 128 valence electrons. The topological polar surface area (TPSA) is 86.0 Å². The molecule has 4 rings (SSSR count). The molecule has 0 bridgehead atoms. The molecule has 0 aliphatic carbocycles. The summed E-state index contributed by atoms with van der Waals surface area (Å²) in [6, 6.07) is 3.88. The number of pyridine rings is 1. The minimum absolute atomic E-state index is 0.368. The number of aryl methyl sites for hydroxylation is 2. The molecule has 1 aliphatic heterocycles. The third-order valence-electron chi connectivity index (χ3n) is 4.52. The summed E-state index contributed by atoms with van der Waals surface area (Å²) < 4.78 is 6.63. The first-order chi connectivity index (χ1) is 12.1. The van der Waals surface area contributed by atoms with E-state index in [4.69, 9.17) is 4.74 Å². The van der Waals surface area contributed by atoms with Gasteiger partial charge in [0.2, 0.25) is 0 Å². The first kappa shape index (κ1) is 15.5. The molecular weight excluding hydrogens is 320 g/mol. The van der Waals surface area contributed by atoms with E-state index in [9.17, 15) is 4.79 Å². The lowest BCUT2D eigenvalue weighted by atomic mass is 10.0. The molecule has 8 nitrogen and oxygen atoms in total. The fourth-order valence-corrected chi connectivity index (χ4v) is 3.29. The Balaban J connectivity index is 1.79. The number of aromatic nitrogens is 5. The summed E-state index contributed by atoms with van der Waals surface area (Å²) >= 11 is 0. The first-order valence-electron chi connectivity index (χ1n) is 8.05. The predicted octanol–water partition coefficient (Wildman–Crippen LogP) is 1.42. The molecule has 4 heterocycles. The van der Waals surface area contributed by atoms with Crippen LogP contribution in [-0.2, 0) is 24.8 Å². The summed E-state index contributed by atoms with van der Waals surface area (Å²) in [6.07, 6.45) is 2.32. The van der Waals surface area contributed by atoms with Crippen molar-refractivity contribution >= 4 is 22.8 Å². The number of carbonyl (C=O) groups excluding carboxylic acids is 1. The molecule has 0 atom stereocenters. The van der Waals surface area contributed by atoms with Crippen LogP contribution in [-0.4, -0.2) is 44.4 Å². The Morgan fingerprint density at radius 3 is 2.92 bits per heavy atom. The van der Waals surface area contributed by atoms with E-state index < -0.39 is 5.97 Å². The maximum Gasteiger partial charge on any atom is 0.358 e. The number of esters is 1. The number of ether oxygens (including phenoxy) is 1. The molecule has 0 spiro atoms. The minimum Gasteiger partial charge on any atom is -0.464 e. The van der Waals surface area contributed by atoms with Gasteiger partial charge in [0, 0.05) is 43.5 Å².